The van der Waals surface area contributed by atoms with Crippen LogP contribution in [0.25, 0.3) is 0 Å². The van der Waals surface area contributed by atoms with Crippen molar-refractivity contribution in [3.8, 4) is 11.5 Å². The SMILES string of the molecule is COc1ccc(N2CCCN(C(=O)C(C)Oc3ccc(Cl)cc3C)CC2)cc1. The molecule has 2 aromatic rings. The first-order valence-electron chi connectivity index (χ1n) is 9.58. The predicted octanol–water partition coefficient (Wildman–Crippen LogP) is 4.16. The van der Waals surface area contributed by atoms with E-state index in [-0.39, 0.29) is 5.91 Å². The molecule has 0 bridgehead atoms. The summed E-state index contributed by atoms with van der Waals surface area (Å²) in [5, 5.41) is 0.662. The average Bonchev–Trinajstić information content (AvgIpc) is 2.96. The predicted molar refractivity (Wildman–Crippen MR) is 113 cm³/mol. The number of amides is 1. The molecule has 2 aromatic carbocycles. The number of hydrogen-bond donors (Lipinski definition) is 0. The van der Waals surface area contributed by atoms with Crippen molar-refractivity contribution in [1.29, 1.82) is 0 Å². The number of aryl methyl sites for hydroxylation is 1. The number of nitrogens with zero attached hydrogens (tertiary/aromatic N) is 2. The van der Waals surface area contributed by atoms with Gasteiger partial charge in [-0.25, -0.2) is 0 Å². The van der Waals surface area contributed by atoms with E-state index in [1.807, 2.05) is 43.0 Å². The highest BCUT2D eigenvalue weighted by molar-refractivity contribution is 6.30. The second-order valence-corrected chi connectivity index (χ2v) is 7.47. The molecule has 0 aliphatic carbocycles. The quantitative estimate of drug-likeness (QED) is 0.753. The van der Waals surface area contributed by atoms with E-state index in [1.54, 1.807) is 13.2 Å². The molecular weight excluding hydrogens is 376 g/mol. The van der Waals surface area contributed by atoms with Gasteiger partial charge >= 0.3 is 0 Å². The Labute approximate surface area is 171 Å². The maximum Gasteiger partial charge on any atom is 0.263 e. The van der Waals surface area contributed by atoms with Gasteiger partial charge in [-0.3, -0.25) is 4.79 Å². The van der Waals surface area contributed by atoms with Crippen LogP contribution in [0.4, 0.5) is 5.69 Å². The number of hydrogen-bond acceptors (Lipinski definition) is 4. The highest BCUT2D eigenvalue weighted by Gasteiger charge is 2.25. The van der Waals surface area contributed by atoms with E-state index in [9.17, 15) is 4.79 Å². The summed E-state index contributed by atoms with van der Waals surface area (Å²) in [6.45, 7) is 6.86. The van der Waals surface area contributed by atoms with Gasteiger partial charge in [-0.1, -0.05) is 11.6 Å². The lowest BCUT2D eigenvalue weighted by molar-refractivity contribution is -0.137. The fourth-order valence-electron chi connectivity index (χ4n) is 3.43. The molecular formula is C22H27ClN2O3. The Kier molecular flexibility index (Phi) is 6.68. The van der Waals surface area contributed by atoms with Crippen molar-refractivity contribution in [2.24, 2.45) is 0 Å². The van der Waals surface area contributed by atoms with Crippen molar-refractivity contribution in [3.63, 3.8) is 0 Å². The van der Waals surface area contributed by atoms with Crippen molar-refractivity contribution in [2.45, 2.75) is 26.4 Å². The third-order valence-corrected chi connectivity index (χ3v) is 5.27. The standard InChI is InChI=1S/C22H27ClN2O3/c1-16-15-18(23)5-10-21(16)28-17(2)22(26)25-12-4-11-24(13-14-25)19-6-8-20(27-3)9-7-19/h5-10,15,17H,4,11-14H2,1-3H3. The molecule has 0 radical (unpaired) electrons. The Balaban J connectivity index is 1.59. The number of rotatable bonds is 5. The largest absolute Gasteiger partial charge is 0.497 e. The highest BCUT2D eigenvalue weighted by Crippen LogP contribution is 2.24. The van der Waals surface area contributed by atoms with E-state index in [0.717, 1.165) is 43.1 Å². The average molecular weight is 403 g/mol. The molecule has 28 heavy (non-hydrogen) atoms. The molecule has 150 valence electrons. The van der Waals surface area contributed by atoms with Crippen LogP contribution in [0.2, 0.25) is 5.02 Å². The van der Waals surface area contributed by atoms with Crippen molar-refractivity contribution >= 4 is 23.2 Å². The van der Waals surface area contributed by atoms with Crippen LogP contribution in [0, 0.1) is 6.92 Å². The first-order chi connectivity index (χ1) is 13.5. The van der Waals surface area contributed by atoms with Gasteiger partial charge in [0.2, 0.25) is 0 Å². The van der Waals surface area contributed by atoms with E-state index >= 15 is 0 Å². The molecule has 1 unspecified atom stereocenters. The number of anilines is 1. The Morgan fingerprint density at radius 2 is 1.82 bits per heavy atom. The van der Waals surface area contributed by atoms with Crippen molar-refractivity contribution in [2.75, 3.05) is 38.2 Å². The fourth-order valence-corrected chi connectivity index (χ4v) is 3.66. The molecule has 1 amide bonds. The van der Waals surface area contributed by atoms with E-state index in [2.05, 4.69) is 17.0 Å². The van der Waals surface area contributed by atoms with Gasteiger partial charge in [0.25, 0.3) is 5.91 Å². The molecule has 0 aromatic heterocycles. The van der Waals surface area contributed by atoms with Crippen LogP contribution in [-0.4, -0.2) is 50.2 Å². The maximum atomic E-state index is 12.9. The van der Waals surface area contributed by atoms with Crippen molar-refractivity contribution in [3.05, 3.63) is 53.1 Å². The number of halogens is 1. The molecule has 1 saturated heterocycles. The van der Waals surface area contributed by atoms with Crippen LogP contribution in [0.5, 0.6) is 11.5 Å². The lowest BCUT2D eigenvalue weighted by atomic mass is 10.2. The number of benzene rings is 2. The Morgan fingerprint density at radius 1 is 1.07 bits per heavy atom. The van der Waals surface area contributed by atoms with Crippen LogP contribution in [-0.2, 0) is 4.79 Å². The summed E-state index contributed by atoms with van der Waals surface area (Å²) >= 11 is 5.99. The lowest BCUT2D eigenvalue weighted by Crippen LogP contribution is -2.42. The van der Waals surface area contributed by atoms with Gasteiger partial charge in [0, 0.05) is 36.9 Å². The molecule has 1 fully saturated rings. The van der Waals surface area contributed by atoms with Crippen LogP contribution < -0.4 is 14.4 Å². The molecule has 0 spiro atoms. The van der Waals surface area contributed by atoms with Gasteiger partial charge in [0.1, 0.15) is 11.5 Å². The summed E-state index contributed by atoms with van der Waals surface area (Å²) in [5.74, 6) is 1.56. The second kappa shape index (κ2) is 9.20. The summed E-state index contributed by atoms with van der Waals surface area (Å²) in [6.07, 6.45) is 0.386. The number of carbonyl (C=O) groups is 1. The number of carbonyl (C=O) groups excluding carboxylic acids is 1. The van der Waals surface area contributed by atoms with Crippen molar-refractivity contribution in [1.82, 2.24) is 4.90 Å². The summed E-state index contributed by atoms with van der Waals surface area (Å²) in [5.41, 5.74) is 2.07. The number of ether oxygens (including phenoxy) is 2. The van der Waals surface area contributed by atoms with Gasteiger partial charge in [-0.2, -0.15) is 0 Å². The first kappa shape index (κ1) is 20.3. The van der Waals surface area contributed by atoms with E-state index < -0.39 is 6.10 Å². The van der Waals surface area contributed by atoms with Crippen LogP contribution in [0.15, 0.2) is 42.5 Å². The number of methoxy groups -OCH3 is 1. The van der Waals surface area contributed by atoms with Crippen LogP contribution in [0.1, 0.15) is 18.9 Å². The summed E-state index contributed by atoms with van der Waals surface area (Å²) < 4.78 is 11.1. The zero-order valence-electron chi connectivity index (χ0n) is 16.7. The minimum atomic E-state index is -0.535. The molecule has 6 heteroatoms. The molecule has 0 saturated carbocycles. The fraction of sp³-hybridized carbons (Fsp3) is 0.409. The van der Waals surface area contributed by atoms with Gasteiger partial charge in [-0.15, -0.1) is 0 Å². The maximum absolute atomic E-state index is 12.9. The second-order valence-electron chi connectivity index (χ2n) is 7.03. The molecule has 1 aliphatic heterocycles. The lowest BCUT2D eigenvalue weighted by Gasteiger charge is -2.26. The molecule has 5 nitrogen and oxygen atoms in total. The van der Waals surface area contributed by atoms with Crippen LogP contribution in [0.3, 0.4) is 0 Å². The normalized spacial score (nSPS) is 15.7. The smallest absolute Gasteiger partial charge is 0.263 e. The Bertz CT molecular complexity index is 810. The third kappa shape index (κ3) is 4.90. The zero-order chi connectivity index (χ0) is 20.1. The molecule has 1 atom stereocenters. The zero-order valence-corrected chi connectivity index (χ0v) is 17.4. The van der Waals surface area contributed by atoms with Gasteiger partial charge in [0.15, 0.2) is 6.10 Å². The van der Waals surface area contributed by atoms with E-state index in [4.69, 9.17) is 21.1 Å². The molecule has 3 rings (SSSR count). The van der Waals surface area contributed by atoms with Crippen LogP contribution >= 0.6 is 11.6 Å². The van der Waals surface area contributed by atoms with Gasteiger partial charge < -0.3 is 19.3 Å². The summed E-state index contributed by atoms with van der Waals surface area (Å²) in [6, 6.07) is 13.5. The Morgan fingerprint density at radius 3 is 2.50 bits per heavy atom. The Hall–Kier alpha value is -2.40. The van der Waals surface area contributed by atoms with E-state index in [0.29, 0.717) is 17.3 Å². The highest BCUT2D eigenvalue weighted by atomic mass is 35.5. The van der Waals surface area contributed by atoms with E-state index in [1.165, 1.54) is 0 Å². The minimum Gasteiger partial charge on any atom is -0.497 e. The molecule has 1 heterocycles. The van der Waals surface area contributed by atoms with Gasteiger partial charge in [-0.05, 0) is 68.3 Å². The summed E-state index contributed by atoms with van der Waals surface area (Å²) in [7, 11) is 1.67. The van der Waals surface area contributed by atoms with Crippen molar-refractivity contribution < 1.29 is 14.3 Å². The topological polar surface area (TPSA) is 42.0 Å². The summed E-state index contributed by atoms with van der Waals surface area (Å²) in [4.78, 5) is 17.1. The monoisotopic (exact) mass is 402 g/mol. The van der Waals surface area contributed by atoms with Gasteiger partial charge in [0.05, 0.1) is 7.11 Å². The first-order valence-corrected chi connectivity index (χ1v) is 9.96. The third-order valence-electron chi connectivity index (χ3n) is 5.03. The molecule has 0 N–H and O–H groups in total. The minimum absolute atomic E-state index is 0.0194. The molecule has 1 aliphatic rings.